The summed E-state index contributed by atoms with van der Waals surface area (Å²) in [5.74, 6) is -0.738. The normalized spacial score (nSPS) is 10.5. The molecule has 0 saturated heterocycles. The Morgan fingerprint density at radius 3 is 2.52 bits per heavy atom. The van der Waals surface area contributed by atoms with Crippen molar-refractivity contribution < 1.29 is 14.1 Å². The lowest BCUT2D eigenvalue weighted by molar-refractivity contribution is -0.383. The van der Waals surface area contributed by atoms with Crippen LogP contribution in [0.2, 0.25) is 0 Å². The minimum atomic E-state index is -0.527. The maximum absolute atomic E-state index is 12.9. The summed E-state index contributed by atoms with van der Waals surface area (Å²) < 4.78 is 12.9. The van der Waals surface area contributed by atoms with Gasteiger partial charge >= 0.3 is 0 Å². The lowest BCUT2D eigenvalue weighted by Gasteiger charge is -2.06. The van der Waals surface area contributed by atoms with Crippen molar-refractivity contribution in [3.8, 4) is 0 Å². The van der Waals surface area contributed by atoms with E-state index in [4.69, 9.17) is 0 Å². The van der Waals surface area contributed by atoms with Crippen molar-refractivity contribution in [2.24, 2.45) is 0 Å². The van der Waals surface area contributed by atoms with Gasteiger partial charge in [-0.2, -0.15) is 0 Å². The third-order valence-electron chi connectivity index (χ3n) is 3.24. The first kappa shape index (κ1) is 14.6. The Morgan fingerprint density at radius 1 is 1.09 bits per heavy atom. The molecule has 23 heavy (non-hydrogen) atoms. The highest BCUT2D eigenvalue weighted by Gasteiger charge is 2.14. The van der Waals surface area contributed by atoms with E-state index in [-0.39, 0.29) is 22.6 Å². The Balaban J connectivity index is 1.94. The number of pyridine rings is 1. The van der Waals surface area contributed by atoms with Gasteiger partial charge in [0.1, 0.15) is 11.6 Å². The number of hydrogen-bond acceptors (Lipinski definition) is 4. The molecule has 0 aliphatic rings. The summed E-state index contributed by atoms with van der Waals surface area (Å²) in [6.45, 7) is 0. The number of halogens is 1. The maximum atomic E-state index is 12.9. The zero-order valence-electron chi connectivity index (χ0n) is 11.7. The summed E-state index contributed by atoms with van der Waals surface area (Å²) >= 11 is 0. The van der Waals surface area contributed by atoms with E-state index in [1.165, 1.54) is 30.3 Å². The summed E-state index contributed by atoms with van der Waals surface area (Å²) in [5.41, 5.74) is 0.311. The molecule has 3 aromatic rings. The first-order valence-corrected chi connectivity index (χ1v) is 6.66. The fourth-order valence-electron chi connectivity index (χ4n) is 2.14. The van der Waals surface area contributed by atoms with Crippen molar-refractivity contribution in [2.75, 3.05) is 5.32 Å². The van der Waals surface area contributed by atoms with Crippen LogP contribution in [-0.2, 0) is 0 Å². The molecule has 1 amide bonds. The summed E-state index contributed by atoms with van der Waals surface area (Å²) in [4.78, 5) is 26.7. The van der Waals surface area contributed by atoms with Gasteiger partial charge in [0.05, 0.1) is 4.92 Å². The van der Waals surface area contributed by atoms with Gasteiger partial charge in [-0.25, -0.2) is 9.37 Å². The molecule has 2 aromatic carbocycles. The highest BCUT2D eigenvalue weighted by Crippen LogP contribution is 2.25. The van der Waals surface area contributed by atoms with Crippen molar-refractivity contribution in [3.63, 3.8) is 0 Å². The minimum Gasteiger partial charge on any atom is -0.307 e. The van der Waals surface area contributed by atoms with E-state index in [9.17, 15) is 19.3 Å². The van der Waals surface area contributed by atoms with Gasteiger partial charge < -0.3 is 5.32 Å². The number of fused-ring (bicyclic) bond motifs is 1. The van der Waals surface area contributed by atoms with Crippen molar-refractivity contribution >= 4 is 28.3 Å². The second-order valence-electron chi connectivity index (χ2n) is 4.76. The number of aromatic nitrogens is 1. The number of benzene rings is 2. The van der Waals surface area contributed by atoms with Crippen LogP contribution in [0.1, 0.15) is 10.4 Å². The monoisotopic (exact) mass is 311 g/mol. The molecule has 0 fully saturated rings. The van der Waals surface area contributed by atoms with Gasteiger partial charge in [-0.05, 0) is 36.4 Å². The Kier molecular flexibility index (Phi) is 3.68. The summed E-state index contributed by atoms with van der Waals surface area (Å²) in [6.07, 6.45) is 0. The lowest BCUT2D eigenvalue weighted by atomic mass is 10.2. The SMILES string of the molecule is O=C(Nc1ccc2cccc([N+](=O)[O-])c2n1)c1ccc(F)cc1. The van der Waals surface area contributed by atoms with Gasteiger partial charge in [-0.15, -0.1) is 0 Å². The zero-order chi connectivity index (χ0) is 16.4. The highest BCUT2D eigenvalue weighted by molar-refractivity contribution is 6.04. The molecular formula is C16H10FN3O3. The molecule has 0 aliphatic carbocycles. The molecule has 0 spiro atoms. The molecule has 0 atom stereocenters. The van der Waals surface area contributed by atoms with Crippen LogP contribution in [-0.4, -0.2) is 15.8 Å². The van der Waals surface area contributed by atoms with Gasteiger partial charge in [-0.3, -0.25) is 14.9 Å². The number of carbonyl (C=O) groups is 1. The molecule has 3 rings (SSSR count). The number of nitrogens with one attached hydrogen (secondary N) is 1. The van der Waals surface area contributed by atoms with Crippen LogP contribution in [0.3, 0.4) is 0 Å². The van der Waals surface area contributed by atoms with Crippen LogP contribution in [0.25, 0.3) is 10.9 Å². The topological polar surface area (TPSA) is 85.1 Å². The fourth-order valence-corrected chi connectivity index (χ4v) is 2.14. The van der Waals surface area contributed by atoms with Crippen LogP contribution in [0, 0.1) is 15.9 Å². The summed E-state index contributed by atoms with van der Waals surface area (Å²) in [6, 6.07) is 12.8. The van der Waals surface area contributed by atoms with E-state index in [1.54, 1.807) is 24.3 Å². The predicted molar refractivity (Wildman–Crippen MR) is 82.8 cm³/mol. The molecule has 0 unspecified atom stereocenters. The molecule has 114 valence electrons. The Bertz CT molecular complexity index is 910. The second-order valence-corrected chi connectivity index (χ2v) is 4.76. The number of nitro benzene ring substituents is 1. The van der Waals surface area contributed by atoms with Crippen LogP contribution in [0.4, 0.5) is 15.9 Å². The number of hydrogen-bond donors (Lipinski definition) is 1. The van der Waals surface area contributed by atoms with Gasteiger partial charge in [0, 0.05) is 17.0 Å². The smallest absolute Gasteiger partial charge is 0.295 e. The van der Waals surface area contributed by atoms with Crippen LogP contribution < -0.4 is 5.32 Å². The number of non-ortho nitro benzene ring substituents is 1. The summed E-state index contributed by atoms with van der Waals surface area (Å²) in [5, 5.41) is 14.2. The Hall–Kier alpha value is -3.35. The molecule has 1 N–H and O–H groups in total. The first-order valence-electron chi connectivity index (χ1n) is 6.66. The lowest BCUT2D eigenvalue weighted by Crippen LogP contribution is -2.13. The molecule has 0 aliphatic heterocycles. The number of amides is 1. The van der Waals surface area contributed by atoms with E-state index in [2.05, 4.69) is 10.3 Å². The average Bonchev–Trinajstić information content (AvgIpc) is 2.54. The van der Waals surface area contributed by atoms with Crippen LogP contribution >= 0.6 is 0 Å². The number of rotatable bonds is 3. The highest BCUT2D eigenvalue weighted by atomic mass is 19.1. The molecule has 1 heterocycles. The largest absolute Gasteiger partial charge is 0.307 e. The number of carbonyl (C=O) groups excluding carboxylic acids is 1. The Labute approximate surface area is 129 Å². The van der Waals surface area contributed by atoms with Crippen molar-refractivity contribution in [2.45, 2.75) is 0 Å². The standard InChI is InChI=1S/C16H10FN3O3/c17-12-7-4-11(5-8-12)16(21)19-14-9-6-10-2-1-3-13(20(22)23)15(10)18-14/h1-9H,(H,18,19,21). The number of anilines is 1. The first-order chi connectivity index (χ1) is 11.0. The van der Waals surface area contributed by atoms with E-state index in [0.29, 0.717) is 5.39 Å². The van der Waals surface area contributed by atoms with Crippen molar-refractivity contribution in [3.05, 3.63) is 76.1 Å². The van der Waals surface area contributed by atoms with E-state index < -0.39 is 16.6 Å². The average molecular weight is 311 g/mol. The van der Waals surface area contributed by atoms with Crippen molar-refractivity contribution in [1.29, 1.82) is 0 Å². The van der Waals surface area contributed by atoms with Gasteiger partial charge in [0.2, 0.25) is 0 Å². The zero-order valence-corrected chi connectivity index (χ0v) is 11.7. The van der Waals surface area contributed by atoms with E-state index >= 15 is 0 Å². The second kappa shape index (κ2) is 5.80. The maximum Gasteiger partial charge on any atom is 0.295 e. The summed E-state index contributed by atoms with van der Waals surface area (Å²) in [7, 11) is 0. The third kappa shape index (κ3) is 2.98. The molecular weight excluding hydrogens is 301 g/mol. The van der Waals surface area contributed by atoms with Gasteiger partial charge in [-0.1, -0.05) is 12.1 Å². The quantitative estimate of drug-likeness (QED) is 0.592. The molecule has 6 nitrogen and oxygen atoms in total. The molecule has 0 saturated carbocycles. The fraction of sp³-hybridized carbons (Fsp3) is 0. The molecule has 0 bridgehead atoms. The van der Waals surface area contributed by atoms with Crippen molar-refractivity contribution in [1.82, 2.24) is 4.98 Å². The number of para-hydroxylation sites is 1. The van der Waals surface area contributed by atoms with E-state index in [1.807, 2.05) is 0 Å². The molecule has 1 aromatic heterocycles. The van der Waals surface area contributed by atoms with Crippen LogP contribution in [0.5, 0.6) is 0 Å². The van der Waals surface area contributed by atoms with E-state index in [0.717, 1.165) is 0 Å². The third-order valence-corrected chi connectivity index (χ3v) is 3.24. The molecule has 0 radical (unpaired) electrons. The Morgan fingerprint density at radius 2 is 1.83 bits per heavy atom. The minimum absolute atomic E-state index is 0.139. The number of nitrogens with zero attached hydrogens (tertiary/aromatic N) is 2. The van der Waals surface area contributed by atoms with Gasteiger partial charge in [0.25, 0.3) is 11.6 Å². The predicted octanol–water partition coefficient (Wildman–Crippen LogP) is 3.53. The number of nitro groups is 1. The molecule has 7 heteroatoms. The van der Waals surface area contributed by atoms with Crippen LogP contribution in [0.15, 0.2) is 54.6 Å². The van der Waals surface area contributed by atoms with Gasteiger partial charge in [0.15, 0.2) is 5.52 Å².